The zero-order valence-corrected chi connectivity index (χ0v) is 20.6. The van der Waals surface area contributed by atoms with Crippen molar-refractivity contribution in [1.29, 1.82) is 0 Å². The summed E-state index contributed by atoms with van der Waals surface area (Å²) in [6, 6.07) is 14.6. The predicted molar refractivity (Wildman–Crippen MR) is 138 cm³/mol. The van der Waals surface area contributed by atoms with E-state index >= 15 is 0 Å². The standard InChI is InChI=1S/C27H33N5O3/c1-4-8-22(26(33)28-20-9-7-10-21(18-20)31-14-5-6-15-31)29-27(34)23-13-16-32(30-23)24-17-19(2)11-12-25(24)35-3/h7,9-13,16-18,22H,4-6,8,14-15H2,1-3H3,(H,28,33)(H,29,34). The number of methoxy groups -OCH3 is 1. The molecule has 2 N–H and O–H groups in total. The molecule has 184 valence electrons. The third kappa shape index (κ3) is 5.82. The second-order valence-corrected chi connectivity index (χ2v) is 8.87. The summed E-state index contributed by atoms with van der Waals surface area (Å²) in [6.45, 7) is 6.04. The van der Waals surface area contributed by atoms with Crippen LogP contribution in [0.3, 0.4) is 0 Å². The van der Waals surface area contributed by atoms with Crippen LogP contribution in [0.15, 0.2) is 54.7 Å². The smallest absolute Gasteiger partial charge is 0.272 e. The van der Waals surface area contributed by atoms with E-state index in [0.717, 1.165) is 42.1 Å². The van der Waals surface area contributed by atoms with Crippen LogP contribution in [-0.2, 0) is 4.79 Å². The molecule has 1 aliphatic heterocycles. The molecule has 8 heteroatoms. The van der Waals surface area contributed by atoms with E-state index < -0.39 is 11.9 Å². The van der Waals surface area contributed by atoms with E-state index in [1.54, 1.807) is 24.1 Å². The quantitative estimate of drug-likeness (QED) is 0.481. The number of ether oxygens (including phenoxy) is 1. The molecule has 3 aromatic rings. The number of amides is 2. The van der Waals surface area contributed by atoms with Gasteiger partial charge in [0.15, 0.2) is 5.69 Å². The van der Waals surface area contributed by atoms with Crippen molar-refractivity contribution in [2.45, 2.75) is 45.6 Å². The molecule has 0 radical (unpaired) electrons. The average molecular weight is 476 g/mol. The number of anilines is 2. The maximum absolute atomic E-state index is 13.1. The number of carbonyl (C=O) groups excluding carboxylic acids is 2. The van der Waals surface area contributed by atoms with E-state index in [9.17, 15) is 9.59 Å². The number of aryl methyl sites for hydroxylation is 1. The van der Waals surface area contributed by atoms with Gasteiger partial charge in [-0.2, -0.15) is 5.10 Å². The van der Waals surface area contributed by atoms with Gasteiger partial charge in [-0.3, -0.25) is 9.59 Å². The number of rotatable bonds is 9. The lowest BCUT2D eigenvalue weighted by atomic mass is 10.1. The summed E-state index contributed by atoms with van der Waals surface area (Å²) in [4.78, 5) is 28.4. The SMILES string of the molecule is CCCC(NC(=O)c1ccn(-c2cc(C)ccc2OC)n1)C(=O)Nc1cccc(N2CCCC2)c1. The van der Waals surface area contributed by atoms with Gasteiger partial charge in [0.25, 0.3) is 5.91 Å². The van der Waals surface area contributed by atoms with Crippen molar-refractivity contribution in [3.8, 4) is 11.4 Å². The second-order valence-electron chi connectivity index (χ2n) is 8.87. The maximum Gasteiger partial charge on any atom is 0.272 e. The summed E-state index contributed by atoms with van der Waals surface area (Å²) < 4.78 is 7.04. The second kappa shape index (κ2) is 11.1. The molecule has 4 rings (SSSR count). The van der Waals surface area contributed by atoms with Crippen LogP contribution in [0.1, 0.15) is 48.7 Å². The molecule has 2 heterocycles. The fraction of sp³-hybridized carbons (Fsp3) is 0.370. The van der Waals surface area contributed by atoms with E-state index in [1.807, 2.05) is 50.2 Å². The van der Waals surface area contributed by atoms with Crippen LogP contribution in [0.25, 0.3) is 5.69 Å². The molecule has 35 heavy (non-hydrogen) atoms. The minimum Gasteiger partial charge on any atom is -0.494 e. The zero-order valence-electron chi connectivity index (χ0n) is 20.6. The Hall–Kier alpha value is -3.81. The average Bonchev–Trinajstić information content (AvgIpc) is 3.57. The number of aromatic nitrogens is 2. The summed E-state index contributed by atoms with van der Waals surface area (Å²) in [7, 11) is 1.60. The van der Waals surface area contributed by atoms with Crippen LogP contribution < -0.4 is 20.3 Å². The van der Waals surface area contributed by atoms with Crippen LogP contribution in [0.5, 0.6) is 5.75 Å². The van der Waals surface area contributed by atoms with Gasteiger partial charge in [0, 0.05) is 30.7 Å². The lowest BCUT2D eigenvalue weighted by Crippen LogP contribution is -2.43. The number of nitrogens with one attached hydrogen (secondary N) is 2. The van der Waals surface area contributed by atoms with Gasteiger partial charge in [-0.25, -0.2) is 4.68 Å². The summed E-state index contributed by atoms with van der Waals surface area (Å²) in [5.41, 5.74) is 3.86. The van der Waals surface area contributed by atoms with Crippen molar-refractivity contribution >= 4 is 23.2 Å². The normalized spacial score (nSPS) is 14.0. The van der Waals surface area contributed by atoms with E-state index in [4.69, 9.17) is 4.74 Å². The van der Waals surface area contributed by atoms with Gasteiger partial charge in [-0.15, -0.1) is 0 Å². The van der Waals surface area contributed by atoms with Crippen LogP contribution in [0, 0.1) is 6.92 Å². The minimum absolute atomic E-state index is 0.235. The molecular formula is C27H33N5O3. The number of carbonyl (C=O) groups is 2. The van der Waals surface area contributed by atoms with Crippen molar-refractivity contribution in [3.05, 3.63) is 66.0 Å². The lowest BCUT2D eigenvalue weighted by molar-refractivity contribution is -0.118. The maximum atomic E-state index is 13.1. The molecular weight excluding hydrogens is 442 g/mol. The molecule has 1 fully saturated rings. The number of hydrogen-bond donors (Lipinski definition) is 2. The Bertz CT molecular complexity index is 1180. The molecule has 1 atom stereocenters. The molecule has 1 aliphatic rings. The summed E-state index contributed by atoms with van der Waals surface area (Å²) >= 11 is 0. The third-order valence-electron chi connectivity index (χ3n) is 6.19. The van der Waals surface area contributed by atoms with Gasteiger partial charge >= 0.3 is 0 Å². The number of hydrogen-bond acceptors (Lipinski definition) is 5. The van der Waals surface area contributed by atoms with Crippen LogP contribution in [0.4, 0.5) is 11.4 Å². The Kier molecular flexibility index (Phi) is 7.70. The van der Waals surface area contributed by atoms with E-state index in [2.05, 4.69) is 26.7 Å². The summed E-state index contributed by atoms with van der Waals surface area (Å²) in [5.74, 6) is 0.0263. The number of nitrogens with zero attached hydrogens (tertiary/aromatic N) is 3. The minimum atomic E-state index is -0.665. The first-order chi connectivity index (χ1) is 17.0. The molecule has 8 nitrogen and oxygen atoms in total. The van der Waals surface area contributed by atoms with E-state index in [1.165, 1.54) is 12.8 Å². The van der Waals surface area contributed by atoms with Crippen molar-refractivity contribution in [1.82, 2.24) is 15.1 Å². The molecule has 0 spiro atoms. The van der Waals surface area contributed by atoms with Gasteiger partial charge in [-0.1, -0.05) is 25.5 Å². The van der Waals surface area contributed by atoms with Crippen molar-refractivity contribution in [3.63, 3.8) is 0 Å². The summed E-state index contributed by atoms with van der Waals surface area (Å²) in [5, 5.41) is 10.3. The molecule has 2 aromatic carbocycles. The summed E-state index contributed by atoms with van der Waals surface area (Å²) in [6.07, 6.45) is 5.36. The first-order valence-corrected chi connectivity index (χ1v) is 12.2. The van der Waals surface area contributed by atoms with Crippen LogP contribution in [-0.4, -0.2) is 47.8 Å². The largest absolute Gasteiger partial charge is 0.494 e. The Morgan fingerprint density at radius 3 is 2.66 bits per heavy atom. The van der Waals surface area contributed by atoms with Crippen molar-refractivity contribution in [2.24, 2.45) is 0 Å². The molecule has 1 unspecified atom stereocenters. The monoisotopic (exact) mass is 475 g/mol. The van der Waals surface area contributed by atoms with Gasteiger partial charge in [0.1, 0.15) is 17.5 Å². The fourth-order valence-corrected chi connectivity index (χ4v) is 4.33. The Morgan fingerprint density at radius 2 is 1.91 bits per heavy atom. The van der Waals surface area contributed by atoms with E-state index in [0.29, 0.717) is 12.2 Å². The molecule has 0 saturated carbocycles. The first kappa shape index (κ1) is 24.3. The van der Waals surface area contributed by atoms with Crippen molar-refractivity contribution < 1.29 is 14.3 Å². The topological polar surface area (TPSA) is 88.5 Å². The van der Waals surface area contributed by atoms with Crippen LogP contribution in [0.2, 0.25) is 0 Å². The lowest BCUT2D eigenvalue weighted by Gasteiger charge is -2.20. The highest BCUT2D eigenvalue weighted by atomic mass is 16.5. The van der Waals surface area contributed by atoms with Gasteiger partial charge < -0.3 is 20.3 Å². The molecule has 2 amide bonds. The number of benzene rings is 2. The molecule has 1 aromatic heterocycles. The predicted octanol–water partition coefficient (Wildman–Crippen LogP) is 4.33. The van der Waals surface area contributed by atoms with Gasteiger partial charge in [0.05, 0.1) is 7.11 Å². The third-order valence-corrected chi connectivity index (χ3v) is 6.19. The fourth-order valence-electron chi connectivity index (χ4n) is 4.33. The molecule has 0 aliphatic carbocycles. The Morgan fingerprint density at radius 1 is 1.11 bits per heavy atom. The van der Waals surface area contributed by atoms with Crippen molar-refractivity contribution in [2.75, 3.05) is 30.4 Å². The Balaban J connectivity index is 1.45. The van der Waals surface area contributed by atoms with Crippen LogP contribution >= 0.6 is 0 Å². The van der Waals surface area contributed by atoms with Gasteiger partial charge in [-0.05, 0) is 68.1 Å². The van der Waals surface area contributed by atoms with Gasteiger partial charge in [0.2, 0.25) is 5.91 Å². The first-order valence-electron chi connectivity index (χ1n) is 12.2. The Labute approximate surface area is 206 Å². The highest BCUT2D eigenvalue weighted by Crippen LogP contribution is 2.24. The highest BCUT2D eigenvalue weighted by Gasteiger charge is 2.23. The van der Waals surface area contributed by atoms with E-state index in [-0.39, 0.29) is 11.6 Å². The zero-order chi connectivity index (χ0) is 24.8. The highest BCUT2D eigenvalue weighted by molar-refractivity contribution is 6.00. The molecule has 1 saturated heterocycles. The molecule has 0 bridgehead atoms.